The summed E-state index contributed by atoms with van der Waals surface area (Å²) in [6.45, 7) is 9.87. The van der Waals surface area contributed by atoms with E-state index in [1.165, 1.54) is 0 Å². The highest BCUT2D eigenvalue weighted by Crippen LogP contribution is 2.32. The van der Waals surface area contributed by atoms with Gasteiger partial charge < -0.3 is 4.90 Å². The number of hydrogen-bond donors (Lipinski definition) is 0. The summed E-state index contributed by atoms with van der Waals surface area (Å²) >= 11 is 12.6. The van der Waals surface area contributed by atoms with Gasteiger partial charge in [0.1, 0.15) is 17.5 Å². The van der Waals surface area contributed by atoms with Crippen LogP contribution in [0.1, 0.15) is 50.4 Å². The minimum atomic E-state index is -0.632. The Morgan fingerprint density at radius 2 is 1.88 bits per heavy atom. The maximum Gasteiger partial charge on any atom is 0.179 e. The Balaban J connectivity index is 1.39. The van der Waals surface area contributed by atoms with Crippen LogP contribution < -0.4 is 4.90 Å². The predicted molar refractivity (Wildman–Crippen MR) is 136 cm³/mol. The Hall–Kier alpha value is -1.96. The third-order valence-corrected chi connectivity index (χ3v) is 8.01. The van der Waals surface area contributed by atoms with Gasteiger partial charge >= 0.3 is 0 Å². The number of benzene rings is 1. The molecule has 4 heterocycles. The lowest BCUT2D eigenvalue weighted by molar-refractivity contribution is 0.0741. The maximum atomic E-state index is 13.6. The first kappa shape index (κ1) is 23.8. The molecule has 5 rings (SSSR count). The van der Waals surface area contributed by atoms with E-state index < -0.39 is 6.17 Å². The summed E-state index contributed by atoms with van der Waals surface area (Å²) in [4.78, 5) is 14.6. The molecule has 0 aliphatic carbocycles. The number of anilines is 1. The molecule has 182 valence electrons. The number of fused-ring (bicyclic) bond motifs is 1. The second-order valence-corrected chi connectivity index (χ2v) is 10.6. The van der Waals surface area contributed by atoms with Crippen molar-refractivity contribution in [3.63, 3.8) is 0 Å². The van der Waals surface area contributed by atoms with Gasteiger partial charge in [0.2, 0.25) is 0 Å². The zero-order chi connectivity index (χ0) is 24.0. The zero-order valence-corrected chi connectivity index (χ0v) is 21.4. The van der Waals surface area contributed by atoms with Crippen LogP contribution in [0.2, 0.25) is 10.0 Å². The summed E-state index contributed by atoms with van der Waals surface area (Å²) in [6, 6.07) is 5.92. The number of rotatable bonds is 4. The summed E-state index contributed by atoms with van der Waals surface area (Å²) < 4.78 is 15.5. The lowest BCUT2D eigenvalue weighted by Gasteiger charge is -2.44. The Morgan fingerprint density at radius 1 is 1.12 bits per heavy atom. The molecule has 6 nitrogen and oxygen atoms in total. The first-order valence-corrected chi connectivity index (χ1v) is 12.9. The van der Waals surface area contributed by atoms with Crippen molar-refractivity contribution in [2.45, 2.75) is 58.3 Å². The van der Waals surface area contributed by atoms with E-state index in [-0.39, 0.29) is 6.04 Å². The molecule has 0 radical (unpaired) electrons. The van der Waals surface area contributed by atoms with Crippen LogP contribution in [0.5, 0.6) is 0 Å². The molecule has 3 atom stereocenters. The van der Waals surface area contributed by atoms with Gasteiger partial charge in [0.15, 0.2) is 5.65 Å². The second-order valence-electron chi connectivity index (χ2n) is 9.76. The van der Waals surface area contributed by atoms with Gasteiger partial charge in [-0.15, -0.1) is 0 Å². The van der Waals surface area contributed by atoms with Gasteiger partial charge in [-0.1, -0.05) is 36.2 Å². The zero-order valence-electron chi connectivity index (χ0n) is 19.9. The molecule has 2 aliphatic rings. The number of piperidine rings is 2. The molecule has 0 bridgehead atoms. The van der Waals surface area contributed by atoms with E-state index in [0.717, 1.165) is 60.8 Å². The fraction of sp³-hybridized carbons (Fsp3) is 0.560. The molecule has 2 saturated heterocycles. The molecule has 2 fully saturated rings. The highest BCUT2D eigenvalue weighted by molar-refractivity contribution is 6.35. The molecule has 0 saturated carbocycles. The minimum absolute atomic E-state index is 0.117. The van der Waals surface area contributed by atoms with Crippen molar-refractivity contribution >= 4 is 40.2 Å². The minimum Gasteiger partial charge on any atom is -0.355 e. The summed E-state index contributed by atoms with van der Waals surface area (Å²) in [5.74, 6) is 1.34. The van der Waals surface area contributed by atoms with Gasteiger partial charge in [0, 0.05) is 42.3 Å². The third-order valence-electron chi connectivity index (χ3n) is 7.45. The van der Waals surface area contributed by atoms with Crippen LogP contribution in [0.15, 0.2) is 24.4 Å². The van der Waals surface area contributed by atoms with Crippen LogP contribution in [0.3, 0.4) is 0 Å². The van der Waals surface area contributed by atoms with Crippen LogP contribution in [0.4, 0.5) is 10.2 Å². The topological polar surface area (TPSA) is 50.1 Å². The van der Waals surface area contributed by atoms with Gasteiger partial charge in [-0.25, -0.2) is 19.0 Å². The summed E-state index contributed by atoms with van der Waals surface area (Å²) in [7, 11) is 0. The quantitative estimate of drug-likeness (QED) is 0.456. The molecule has 0 amide bonds. The van der Waals surface area contributed by atoms with Gasteiger partial charge in [0.25, 0.3) is 0 Å². The molecular weight excluding hydrogens is 474 g/mol. The number of alkyl halides is 1. The van der Waals surface area contributed by atoms with Gasteiger partial charge in [-0.3, -0.25) is 4.90 Å². The summed E-state index contributed by atoms with van der Waals surface area (Å²) in [5.41, 5.74) is 3.34. The number of hydrogen-bond acceptors (Lipinski definition) is 5. The summed E-state index contributed by atoms with van der Waals surface area (Å²) in [6.07, 6.45) is 3.60. The van der Waals surface area contributed by atoms with E-state index in [2.05, 4.69) is 23.6 Å². The van der Waals surface area contributed by atoms with Crippen LogP contribution in [0, 0.1) is 12.8 Å². The summed E-state index contributed by atoms with van der Waals surface area (Å²) in [5, 5.41) is 5.97. The van der Waals surface area contributed by atoms with Crippen LogP contribution in [0.25, 0.3) is 11.2 Å². The van der Waals surface area contributed by atoms with Crippen molar-refractivity contribution in [1.82, 2.24) is 24.6 Å². The van der Waals surface area contributed by atoms with Crippen molar-refractivity contribution in [2.24, 2.45) is 5.92 Å². The van der Waals surface area contributed by atoms with Crippen LogP contribution >= 0.6 is 23.2 Å². The highest BCUT2D eigenvalue weighted by Gasteiger charge is 2.33. The molecule has 9 heteroatoms. The van der Waals surface area contributed by atoms with Crippen molar-refractivity contribution in [2.75, 3.05) is 31.1 Å². The SMILES string of the molecule is Cc1nn([C@H](C)c2ccc(Cl)cc2Cl)c2nc(N3CCC(N4CCC(F)CC4)C(C)C3)cnc12. The van der Waals surface area contributed by atoms with Crippen molar-refractivity contribution < 1.29 is 4.39 Å². The predicted octanol–water partition coefficient (Wildman–Crippen LogP) is 5.70. The molecule has 2 aliphatic heterocycles. The molecule has 0 N–H and O–H groups in total. The van der Waals surface area contributed by atoms with E-state index in [0.29, 0.717) is 34.8 Å². The standard InChI is InChI=1S/C25H31Cl2FN6/c1-15-14-33(11-8-22(15)32-9-6-19(28)7-10-32)23-13-29-24-16(2)31-34(25(24)30-23)17(3)20-5-4-18(26)12-21(20)27/h4-5,12-13,15,17,19,22H,6-11,14H2,1-3H3/t15?,17-,22?/m1/s1. The van der Waals surface area contributed by atoms with Gasteiger partial charge in [0.05, 0.1) is 17.9 Å². The van der Waals surface area contributed by atoms with Crippen LogP contribution in [-0.2, 0) is 0 Å². The fourth-order valence-electron chi connectivity index (χ4n) is 5.52. The number of halogens is 3. The smallest absolute Gasteiger partial charge is 0.179 e. The van der Waals surface area contributed by atoms with E-state index in [4.69, 9.17) is 38.3 Å². The average Bonchev–Trinajstić information content (AvgIpc) is 3.15. The van der Waals surface area contributed by atoms with E-state index in [1.807, 2.05) is 29.9 Å². The van der Waals surface area contributed by atoms with Crippen molar-refractivity contribution in [1.29, 1.82) is 0 Å². The number of likely N-dealkylation sites (tertiary alicyclic amines) is 1. The van der Waals surface area contributed by atoms with Crippen molar-refractivity contribution in [3.8, 4) is 0 Å². The second kappa shape index (κ2) is 9.59. The molecule has 3 aromatic rings. The number of nitrogens with zero attached hydrogens (tertiary/aromatic N) is 6. The Morgan fingerprint density at radius 3 is 2.59 bits per heavy atom. The van der Waals surface area contributed by atoms with Gasteiger partial charge in [-0.2, -0.15) is 5.10 Å². The number of aryl methyl sites for hydroxylation is 1. The molecule has 0 spiro atoms. The largest absolute Gasteiger partial charge is 0.355 e. The highest BCUT2D eigenvalue weighted by atomic mass is 35.5. The molecular formula is C25H31Cl2FN6. The van der Waals surface area contributed by atoms with Crippen LogP contribution in [-0.4, -0.2) is 63.0 Å². The monoisotopic (exact) mass is 504 g/mol. The fourth-order valence-corrected chi connectivity index (χ4v) is 6.09. The number of aromatic nitrogens is 4. The lowest BCUT2D eigenvalue weighted by Crippen LogP contribution is -2.52. The van der Waals surface area contributed by atoms with E-state index in [1.54, 1.807) is 6.07 Å². The molecule has 2 unspecified atom stereocenters. The molecule has 2 aromatic heterocycles. The Bertz CT molecular complexity index is 1180. The van der Waals surface area contributed by atoms with Crippen molar-refractivity contribution in [3.05, 3.63) is 45.7 Å². The average molecular weight is 505 g/mol. The molecule has 1 aromatic carbocycles. The Kier molecular flexibility index (Phi) is 6.70. The van der Waals surface area contributed by atoms with E-state index in [9.17, 15) is 4.39 Å². The van der Waals surface area contributed by atoms with Gasteiger partial charge in [-0.05, 0) is 56.7 Å². The lowest BCUT2D eigenvalue weighted by atomic mass is 9.90. The molecule has 34 heavy (non-hydrogen) atoms. The normalized spacial score (nSPS) is 23.5. The van der Waals surface area contributed by atoms with E-state index >= 15 is 0 Å². The first-order valence-electron chi connectivity index (χ1n) is 12.1. The Labute approximate surface area is 210 Å². The first-order chi connectivity index (χ1) is 16.3. The third kappa shape index (κ3) is 4.50. The maximum absolute atomic E-state index is 13.6.